The molecule has 0 aliphatic heterocycles. The maximum atomic E-state index is 5.52. The van der Waals surface area contributed by atoms with Crippen LogP contribution < -0.4 is 0 Å². The van der Waals surface area contributed by atoms with Gasteiger partial charge in [0.2, 0.25) is 5.89 Å². The van der Waals surface area contributed by atoms with Crippen molar-refractivity contribution in [1.82, 2.24) is 24.9 Å². The van der Waals surface area contributed by atoms with Crippen LogP contribution in [0.25, 0.3) is 0 Å². The lowest BCUT2D eigenvalue weighted by atomic mass is 9.96. The minimum Gasteiger partial charge on any atom is -0.467 e. The van der Waals surface area contributed by atoms with Crippen molar-refractivity contribution in [2.24, 2.45) is 0 Å². The van der Waals surface area contributed by atoms with Crippen LogP contribution in [0.4, 0.5) is 0 Å². The third kappa shape index (κ3) is 3.56. The number of thioether (sulfide) groups is 1. The molecule has 1 saturated carbocycles. The van der Waals surface area contributed by atoms with Gasteiger partial charge in [-0.25, -0.2) is 0 Å². The molecule has 7 nitrogen and oxygen atoms in total. The summed E-state index contributed by atoms with van der Waals surface area (Å²) in [5, 5.41) is 13.8. The minimum absolute atomic E-state index is 0.00907. The Hall–Kier alpha value is -2.09. The summed E-state index contributed by atoms with van der Waals surface area (Å²) in [6, 6.07) is 3.88. The highest BCUT2D eigenvalue weighted by molar-refractivity contribution is 7.99. The smallest absolute Gasteiger partial charge is 0.239 e. The summed E-state index contributed by atoms with van der Waals surface area (Å²) >= 11 is 1.59. The van der Waals surface area contributed by atoms with Gasteiger partial charge in [0.15, 0.2) is 11.0 Å². The molecule has 1 atom stereocenters. The van der Waals surface area contributed by atoms with Gasteiger partial charge in [0, 0.05) is 11.3 Å². The molecule has 3 aromatic rings. The van der Waals surface area contributed by atoms with E-state index in [-0.39, 0.29) is 10.7 Å². The first-order valence-corrected chi connectivity index (χ1v) is 9.76. The van der Waals surface area contributed by atoms with Crippen LogP contribution >= 0.6 is 11.8 Å². The number of furan rings is 1. The predicted octanol–water partition coefficient (Wildman–Crippen LogP) is 4.33. The zero-order valence-electron chi connectivity index (χ0n) is 15.5. The largest absolute Gasteiger partial charge is 0.467 e. The van der Waals surface area contributed by atoms with Gasteiger partial charge in [0.05, 0.1) is 18.1 Å². The number of hydrogen-bond acceptors (Lipinski definition) is 7. The Morgan fingerprint density at radius 2 is 2.12 bits per heavy atom. The summed E-state index contributed by atoms with van der Waals surface area (Å²) in [5.74, 6) is 3.78. The lowest BCUT2D eigenvalue weighted by Crippen LogP contribution is -2.13. The first-order chi connectivity index (χ1) is 12.4. The Bertz CT molecular complexity index is 874. The van der Waals surface area contributed by atoms with Crippen LogP contribution in [0, 0.1) is 0 Å². The van der Waals surface area contributed by atoms with E-state index in [0.717, 1.165) is 22.6 Å². The average molecular weight is 373 g/mol. The fourth-order valence-corrected chi connectivity index (χ4v) is 3.54. The molecule has 0 aromatic carbocycles. The van der Waals surface area contributed by atoms with Gasteiger partial charge >= 0.3 is 0 Å². The van der Waals surface area contributed by atoms with Gasteiger partial charge < -0.3 is 8.94 Å². The van der Waals surface area contributed by atoms with E-state index in [2.05, 4.69) is 45.7 Å². The first-order valence-electron chi connectivity index (χ1n) is 8.88. The predicted molar refractivity (Wildman–Crippen MR) is 97.1 cm³/mol. The lowest BCUT2D eigenvalue weighted by molar-refractivity contribution is 0.364. The van der Waals surface area contributed by atoms with Gasteiger partial charge in [0.1, 0.15) is 11.6 Å². The maximum Gasteiger partial charge on any atom is 0.239 e. The molecule has 1 aliphatic carbocycles. The van der Waals surface area contributed by atoms with Crippen molar-refractivity contribution < 1.29 is 8.94 Å². The zero-order valence-corrected chi connectivity index (χ0v) is 16.3. The molecule has 0 amide bonds. The standard InChI is InChI=1S/C18H23N5O2S/c1-11(15-19-16(22-25-15)18(2,3)4)26-17-21-20-14(12-7-8-12)23(17)10-13-6-5-9-24-13/h5-6,9,11-12H,7-8,10H2,1-4H3. The van der Waals surface area contributed by atoms with Crippen LogP contribution in [0.15, 0.2) is 32.5 Å². The van der Waals surface area contributed by atoms with Crippen molar-refractivity contribution in [2.45, 2.75) is 68.8 Å². The summed E-state index contributed by atoms with van der Waals surface area (Å²) in [7, 11) is 0. The fraction of sp³-hybridized carbons (Fsp3) is 0.556. The topological polar surface area (TPSA) is 82.8 Å². The van der Waals surface area contributed by atoms with E-state index in [9.17, 15) is 0 Å². The van der Waals surface area contributed by atoms with Crippen molar-refractivity contribution in [2.75, 3.05) is 0 Å². The van der Waals surface area contributed by atoms with Gasteiger partial charge in [-0.1, -0.05) is 37.7 Å². The van der Waals surface area contributed by atoms with Gasteiger partial charge in [-0.2, -0.15) is 4.98 Å². The normalized spacial score (nSPS) is 16.2. The summed E-state index contributed by atoms with van der Waals surface area (Å²) in [6.45, 7) is 8.90. The highest BCUT2D eigenvalue weighted by Crippen LogP contribution is 2.42. The van der Waals surface area contributed by atoms with Crippen LogP contribution in [-0.4, -0.2) is 24.9 Å². The van der Waals surface area contributed by atoms with E-state index in [1.807, 2.05) is 19.1 Å². The number of nitrogens with zero attached hydrogens (tertiary/aromatic N) is 5. The molecule has 3 heterocycles. The van der Waals surface area contributed by atoms with Gasteiger partial charge in [0.25, 0.3) is 0 Å². The van der Waals surface area contributed by atoms with Gasteiger partial charge in [-0.15, -0.1) is 10.2 Å². The highest BCUT2D eigenvalue weighted by atomic mass is 32.2. The number of aromatic nitrogens is 5. The molecule has 138 valence electrons. The SMILES string of the molecule is CC(Sc1nnc(C2CC2)n1Cc1ccco1)c1nc(C(C)(C)C)no1. The lowest BCUT2D eigenvalue weighted by Gasteiger charge is -2.11. The molecule has 0 spiro atoms. The fourth-order valence-electron chi connectivity index (χ4n) is 2.65. The van der Waals surface area contributed by atoms with E-state index in [0.29, 0.717) is 18.4 Å². The molecule has 1 aliphatic rings. The highest BCUT2D eigenvalue weighted by Gasteiger charge is 2.32. The molecule has 8 heteroatoms. The Kier molecular flexibility index (Phi) is 4.38. The second kappa shape index (κ2) is 6.57. The van der Waals surface area contributed by atoms with Crippen LogP contribution in [0.3, 0.4) is 0 Å². The van der Waals surface area contributed by atoms with E-state index in [1.54, 1.807) is 18.0 Å². The molecular formula is C18H23N5O2S. The molecular weight excluding hydrogens is 350 g/mol. The second-order valence-electron chi connectivity index (χ2n) is 7.75. The summed E-state index contributed by atoms with van der Waals surface area (Å²) in [4.78, 5) is 4.56. The van der Waals surface area contributed by atoms with Crippen LogP contribution in [0.2, 0.25) is 0 Å². The third-order valence-electron chi connectivity index (χ3n) is 4.32. The molecule has 4 rings (SSSR count). The minimum atomic E-state index is -0.134. The quantitative estimate of drug-likeness (QED) is 0.595. The molecule has 1 fully saturated rings. The summed E-state index contributed by atoms with van der Waals surface area (Å²) in [6.07, 6.45) is 4.04. The van der Waals surface area contributed by atoms with Crippen LogP contribution in [0.1, 0.15) is 75.0 Å². The Labute approximate surface area is 156 Å². The molecule has 26 heavy (non-hydrogen) atoms. The van der Waals surface area contributed by atoms with E-state index in [1.165, 1.54) is 12.8 Å². The van der Waals surface area contributed by atoms with Crippen LogP contribution in [0.5, 0.6) is 0 Å². The van der Waals surface area contributed by atoms with Crippen molar-refractivity contribution in [3.8, 4) is 0 Å². The molecule has 3 aromatic heterocycles. The van der Waals surface area contributed by atoms with E-state index >= 15 is 0 Å². The van der Waals surface area contributed by atoms with E-state index < -0.39 is 0 Å². The monoisotopic (exact) mass is 373 g/mol. The Morgan fingerprint density at radius 1 is 1.31 bits per heavy atom. The van der Waals surface area contributed by atoms with Crippen molar-refractivity contribution in [1.29, 1.82) is 0 Å². The summed E-state index contributed by atoms with van der Waals surface area (Å²) in [5.41, 5.74) is -0.134. The van der Waals surface area contributed by atoms with Crippen molar-refractivity contribution in [3.63, 3.8) is 0 Å². The maximum absolute atomic E-state index is 5.52. The molecule has 1 unspecified atom stereocenters. The van der Waals surface area contributed by atoms with Crippen LogP contribution in [-0.2, 0) is 12.0 Å². The Balaban J connectivity index is 1.56. The second-order valence-corrected chi connectivity index (χ2v) is 9.05. The number of rotatable bonds is 6. The average Bonchev–Trinajstić information content (AvgIpc) is 3.02. The molecule has 0 saturated heterocycles. The Morgan fingerprint density at radius 3 is 2.73 bits per heavy atom. The molecule has 0 N–H and O–H groups in total. The van der Waals surface area contributed by atoms with Crippen molar-refractivity contribution >= 4 is 11.8 Å². The molecule has 0 radical (unpaired) electrons. The summed E-state index contributed by atoms with van der Waals surface area (Å²) < 4.78 is 13.2. The van der Waals surface area contributed by atoms with Crippen molar-refractivity contribution in [3.05, 3.63) is 41.7 Å². The molecule has 0 bridgehead atoms. The number of hydrogen-bond donors (Lipinski definition) is 0. The van der Waals surface area contributed by atoms with Gasteiger partial charge in [-0.05, 0) is 31.9 Å². The van der Waals surface area contributed by atoms with E-state index in [4.69, 9.17) is 8.94 Å². The first kappa shape index (κ1) is 17.3. The zero-order chi connectivity index (χ0) is 18.3. The third-order valence-corrected chi connectivity index (χ3v) is 5.39. The van der Waals surface area contributed by atoms with Gasteiger partial charge in [-0.3, -0.25) is 4.57 Å².